The van der Waals surface area contributed by atoms with E-state index in [1.165, 1.54) is 18.2 Å². The van der Waals surface area contributed by atoms with Crippen LogP contribution in [0.3, 0.4) is 0 Å². The number of carbonyl (C=O) groups is 1. The van der Waals surface area contributed by atoms with Gasteiger partial charge in [0.25, 0.3) is 5.91 Å². The van der Waals surface area contributed by atoms with Gasteiger partial charge >= 0.3 is 0 Å². The number of amides is 1. The SMILES string of the molecule is CS(=O)(=O)c1ccc(Cl)c(C(=O)NC2CCOc3ccccc32)c1. The molecule has 2 aromatic rings. The van der Waals surface area contributed by atoms with E-state index in [4.69, 9.17) is 16.3 Å². The molecule has 1 N–H and O–H groups in total. The number of ether oxygens (including phenoxy) is 1. The van der Waals surface area contributed by atoms with E-state index in [1.54, 1.807) is 0 Å². The Bertz CT molecular complexity index is 895. The Morgan fingerprint density at radius 2 is 2.00 bits per heavy atom. The topological polar surface area (TPSA) is 72.5 Å². The highest BCUT2D eigenvalue weighted by Crippen LogP contribution is 2.32. The zero-order chi connectivity index (χ0) is 17.3. The van der Waals surface area contributed by atoms with Gasteiger partial charge in [-0.05, 0) is 24.3 Å². The van der Waals surface area contributed by atoms with Crippen LogP contribution >= 0.6 is 11.6 Å². The largest absolute Gasteiger partial charge is 0.493 e. The van der Waals surface area contributed by atoms with E-state index in [2.05, 4.69) is 5.32 Å². The van der Waals surface area contributed by atoms with Crippen molar-refractivity contribution < 1.29 is 17.9 Å². The first-order chi connectivity index (χ1) is 11.4. The van der Waals surface area contributed by atoms with E-state index in [0.717, 1.165) is 17.6 Å². The lowest BCUT2D eigenvalue weighted by Gasteiger charge is -2.26. The molecule has 126 valence electrons. The molecule has 0 spiro atoms. The van der Waals surface area contributed by atoms with Crippen LogP contribution in [0.5, 0.6) is 5.75 Å². The summed E-state index contributed by atoms with van der Waals surface area (Å²) in [4.78, 5) is 12.7. The van der Waals surface area contributed by atoms with Crippen LogP contribution < -0.4 is 10.1 Å². The van der Waals surface area contributed by atoms with Crippen molar-refractivity contribution in [3.8, 4) is 5.75 Å². The molecular weight excluding hydrogens is 350 g/mol. The monoisotopic (exact) mass is 365 g/mol. The number of benzene rings is 2. The molecule has 0 fully saturated rings. The molecule has 2 aromatic carbocycles. The Morgan fingerprint density at radius 1 is 1.25 bits per heavy atom. The van der Waals surface area contributed by atoms with Gasteiger partial charge in [-0.15, -0.1) is 0 Å². The van der Waals surface area contributed by atoms with Gasteiger partial charge in [-0.2, -0.15) is 0 Å². The van der Waals surface area contributed by atoms with E-state index in [1.807, 2.05) is 24.3 Å². The fourth-order valence-electron chi connectivity index (χ4n) is 2.64. The standard InChI is InChI=1S/C17H16ClNO4S/c1-24(21,22)11-6-7-14(18)13(10-11)17(20)19-15-8-9-23-16-5-3-2-4-12(15)16/h2-7,10,15H,8-9H2,1H3,(H,19,20). The van der Waals surface area contributed by atoms with E-state index in [0.29, 0.717) is 13.0 Å². The van der Waals surface area contributed by atoms with Gasteiger partial charge in [0.05, 0.1) is 28.1 Å². The predicted octanol–water partition coefficient (Wildman–Crippen LogP) is 3.00. The van der Waals surface area contributed by atoms with Crippen LogP contribution in [0.1, 0.15) is 28.4 Å². The van der Waals surface area contributed by atoms with Gasteiger partial charge in [-0.1, -0.05) is 29.8 Å². The summed E-state index contributed by atoms with van der Waals surface area (Å²) in [5.41, 5.74) is 1.04. The lowest BCUT2D eigenvalue weighted by atomic mass is 10.00. The van der Waals surface area contributed by atoms with Gasteiger partial charge in [-0.25, -0.2) is 8.42 Å². The second-order valence-electron chi connectivity index (χ2n) is 5.61. The number of sulfone groups is 1. The Labute approximate surface area is 145 Å². The van der Waals surface area contributed by atoms with Crippen molar-refractivity contribution in [3.05, 3.63) is 58.6 Å². The minimum absolute atomic E-state index is 0.0597. The smallest absolute Gasteiger partial charge is 0.253 e. The van der Waals surface area contributed by atoms with E-state index < -0.39 is 15.7 Å². The molecule has 1 amide bonds. The number of hydrogen-bond donors (Lipinski definition) is 1. The Kier molecular flexibility index (Phi) is 4.51. The highest BCUT2D eigenvalue weighted by atomic mass is 35.5. The van der Waals surface area contributed by atoms with Crippen LogP contribution in [-0.4, -0.2) is 27.2 Å². The predicted molar refractivity (Wildman–Crippen MR) is 91.3 cm³/mol. The van der Waals surface area contributed by atoms with Crippen molar-refractivity contribution in [1.82, 2.24) is 5.32 Å². The van der Waals surface area contributed by atoms with Gasteiger partial charge in [0.1, 0.15) is 5.75 Å². The maximum Gasteiger partial charge on any atom is 0.253 e. The first-order valence-corrected chi connectivity index (χ1v) is 9.65. The summed E-state index contributed by atoms with van der Waals surface area (Å²) in [5, 5.41) is 3.12. The normalized spacial score (nSPS) is 16.8. The molecule has 3 rings (SSSR count). The lowest BCUT2D eigenvalue weighted by molar-refractivity contribution is 0.0924. The minimum Gasteiger partial charge on any atom is -0.493 e. The maximum atomic E-state index is 12.6. The summed E-state index contributed by atoms with van der Waals surface area (Å²) in [6, 6.07) is 11.4. The van der Waals surface area contributed by atoms with Crippen molar-refractivity contribution in [3.63, 3.8) is 0 Å². The zero-order valence-corrected chi connectivity index (χ0v) is 14.5. The Morgan fingerprint density at radius 3 is 2.75 bits per heavy atom. The molecule has 0 aliphatic carbocycles. The average Bonchev–Trinajstić information content (AvgIpc) is 2.54. The molecule has 5 nitrogen and oxygen atoms in total. The fraction of sp³-hybridized carbons (Fsp3) is 0.235. The highest BCUT2D eigenvalue weighted by molar-refractivity contribution is 7.90. The first kappa shape index (κ1) is 16.8. The molecule has 1 aliphatic heterocycles. The molecule has 1 aliphatic rings. The van der Waals surface area contributed by atoms with Gasteiger partial charge in [0, 0.05) is 18.2 Å². The lowest BCUT2D eigenvalue weighted by Crippen LogP contribution is -2.32. The Hall–Kier alpha value is -2.05. The van der Waals surface area contributed by atoms with Crippen molar-refractivity contribution in [2.24, 2.45) is 0 Å². The molecule has 24 heavy (non-hydrogen) atoms. The molecule has 0 saturated heterocycles. The number of fused-ring (bicyclic) bond motifs is 1. The van der Waals surface area contributed by atoms with Crippen LogP contribution in [0.2, 0.25) is 5.02 Å². The third-order valence-corrected chi connectivity index (χ3v) is 5.31. The summed E-state index contributed by atoms with van der Waals surface area (Å²) in [6.45, 7) is 0.499. The molecule has 0 radical (unpaired) electrons. The third-order valence-electron chi connectivity index (χ3n) is 3.87. The van der Waals surface area contributed by atoms with E-state index in [-0.39, 0.29) is 21.5 Å². The van der Waals surface area contributed by atoms with Crippen molar-refractivity contribution in [2.75, 3.05) is 12.9 Å². The van der Waals surface area contributed by atoms with Crippen molar-refractivity contribution in [2.45, 2.75) is 17.4 Å². The van der Waals surface area contributed by atoms with Gasteiger partial charge in [0.15, 0.2) is 9.84 Å². The third kappa shape index (κ3) is 3.39. The molecule has 1 unspecified atom stereocenters. The number of nitrogens with one attached hydrogen (secondary N) is 1. The molecule has 1 heterocycles. The van der Waals surface area contributed by atoms with Crippen LogP contribution in [0.15, 0.2) is 47.4 Å². The molecular formula is C17H16ClNO4S. The molecule has 0 aromatic heterocycles. The van der Waals surface area contributed by atoms with Gasteiger partial charge in [0.2, 0.25) is 0 Å². The molecule has 0 bridgehead atoms. The van der Waals surface area contributed by atoms with Crippen molar-refractivity contribution >= 4 is 27.3 Å². The molecule has 7 heteroatoms. The van der Waals surface area contributed by atoms with E-state index >= 15 is 0 Å². The fourth-order valence-corrected chi connectivity index (χ4v) is 3.49. The van der Waals surface area contributed by atoms with Crippen LogP contribution in [0.4, 0.5) is 0 Å². The summed E-state index contributed by atoms with van der Waals surface area (Å²) < 4.78 is 28.9. The quantitative estimate of drug-likeness (QED) is 0.907. The number of hydrogen-bond acceptors (Lipinski definition) is 4. The summed E-state index contributed by atoms with van der Waals surface area (Å²) in [5.74, 6) is 0.331. The zero-order valence-electron chi connectivity index (χ0n) is 13.0. The Balaban J connectivity index is 1.89. The minimum atomic E-state index is -3.42. The van der Waals surface area contributed by atoms with E-state index in [9.17, 15) is 13.2 Å². The highest BCUT2D eigenvalue weighted by Gasteiger charge is 2.24. The number of para-hydroxylation sites is 1. The summed E-state index contributed by atoms with van der Waals surface area (Å²) in [7, 11) is -3.42. The van der Waals surface area contributed by atoms with Crippen LogP contribution in [-0.2, 0) is 9.84 Å². The maximum absolute atomic E-state index is 12.6. The first-order valence-electron chi connectivity index (χ1n) is 7.38. The molecule has 0 saturated carbocycles. The number of rotatable bonds is 3. The average molecular weight is 366 g/mol. The van der Waals surface area contributed by atoms with Gasteiger partial charge in [-0.3, -0.25) is 4.79 Å². The molecule has 1 atom stereocenters. The summed E-state index contributed by atoms with van der Waals surface area (Å²) in [6.07, 6.45) is 1.72. The number of carbonyl (C=O) groups excluding carboxylic acids is 1. The van der Waals surface area contributed by atoms with Crippen LogP contribution in [0, 0.1) is 0 Å². The number of halogens is 1. The second kappa shape index (κ2) is 6.45. The summed E-state index contributed by atoms with van der Waals surface area (Å²) >= 11 is 6.08. The van der Waals surface area contributed by atoms with Crippen molar-refractivity contribution in [1.29, 1.82) is 0 Å². The van der Waals surface area contributed by atoms with Gasteiger partial charge < -0.3 is 10.1 Å². The van der Waals surface area contributed by atoms with Crippen LogP contribution in [0.25, 0.3) is 0 Å². The second-order valence-corrected chi connectivity index (χ2v) is 8.04.